The molecule has 0 aliphatic carbocycles. The number of rotatable bonds is 7. The molecule has 2 heterocycles. The number of piperidine rings is 1. The molecule has 4 aromatic rings. The van der Waals surface area contributed by atoms with Crippen molar-refractivity contribution < 1.29 is 23.8 Å². The summed E-state index contributed by atoms with van der Waals surface area (Å²) in [5.41, 5.74) is 2.85. The van der Waals surface area contributed by atoms with E-state index in [1.54, 1.807) is 24.5 Å². The molecular formula is C29H27FN2O4. The summed E-state index contributed by atoms with van der Waals surface area (Å²) >= 11 is 0. The van der Waals surface area contributed by atoms with E-state index in [0.29, 0.717) is 26.2 Å². The average molecular weight is 487 g/mol. The maximum absolute atomic E-state index is 13.5. The quantitative estimate of drug-likeness (QED) is 0.347. The van der Waals surface area contributed by atoms with Gasteiger partial charge in [-0.1, -0.05) is 42.5 Å². The minimum Gasteiger partial charge on any atom is -0.488 e. The van der Waals surface area contributed by atoms with Crippen molar-refractivity contribution in [2.45, 2.75) is 31.7 Å². The molecule has 0 bridgehead atoms. The maximum atomic E-state index is 13.5. The van der Waals surface area contributed by atoms with Crippen molar-refractivity contribution in [3.63, 3.8) is 0 Å². The standard InChI is InChI=1S/C29H27FN2O4/c30-24-9-7-22(8-10-24)26-11-13-32(29(33)34)17-28(26)36-19-21-14-23-5-1-2-6-25(23)27(15-21)35-18-20-4-3-12-31-16-20/h1-10,12,14-16,26,28H,11,13,17-19H2,(H,33,34). The van der Waals surface area contributed by atoms with E-state index in [4.69, 9.17) is 9.47 Å². The van der Waals surface area contributed by atoms with E-state index < -0.39 is 6.09 Å². The summed E-state index contributed by atoms with van der Waals surface area (Å²) < 4.78 is 26.0. The molecule has 184 valence electrons. The smallest absolute Gasteiger partial charge is 0.407 e. The van der Waals surface area contributed by atoms with Crippen LogP contribution in [-0.4, -0.2) is 40.3 Å². The zero-order valence-corrected chi connectivity index (χ0v) is 19.7. The van der Waals surface area contributed by atoms with Crippen molar-refractivity contribution in [3.05, 3.63) is 108 Å². The van der Waals surface area contributed by atoms with Crippen LogP contribution in [0.25, 0.3) is 10.8 Å². The largest absolute Gasteiger partial charge is 0.488 e. The molecule has 6 nitrogen and oxygen atoms in total. The molecule has 2 unspecified atom stereocenters. The molecule has 1 fully saturated rings. The molecule has 2 atom stereocenters. The fourth-order valence-electron chi connectivity index (χ4n) is 4.74. The van der Waals surface area contributed by atoms with Gasteiger partial charge in [0.1, 0.15) is 18.2 Å². The first kappa shape index (κ1) is 23.8. The van der Waals surface area contributed by atoms with Gasteiger partial charge in [0.05, 0.1) is 19.3 Å². The molecule has 0 spiro atoms. The summed E-state index contributed by atoms with van der Waals surface area (Å²) in [6.07, 6.45) is 2.80. The number of carboxylic acid groups (broad SMARTS) is 1. The highest BCUT2D eigenvalue weighted by molar-refractivity contribution is 5.89. The molecule has 1 amide bonds. The SMILES string of the molecule is O=C(O)N1CCC(c2ccc(F)cc2)C(OCc2cc(OCc3cccnc3)c3ccccc3c2)C1. The third-order valence-corrected chi connectivity index (χ3v) is 6.59. The van der Waals surface area contributed by atoms with Gasteiger partial charge in [0.25, 0.3) is 0 Å². The number of likely N-dealkylation sites (tertiary alicyclic amines) is 1. The summed E-state index contributed by atoms with van der Waals surface area (Å²) in [6, 6.07) is 22.3. The van der Waals surface area contributed by atoms with Gasteiger partial charge in [-0.3, -0.25) is 4.98 Å². The lowest BCUT2D eigenvalue weighted by molar-refractivity contribution is -0.0199. The molecule has 0 saturated carbocycles. The second kappa shape index (κ2) is 10.7. The van der Waals surface area contributed by atoms with Gasteiger partial charge in [-0.15, -0.1) is 0 Å². The number of hydrogen-bond donors (Lipinski definition) is 1. The van der Waals surface area contributed by atoms with Crippen molar-refractivity contribution in [1.82, 2.24) is 9.88 Å². The van der Waals surface area contributed by atoms with Crippen LogP contribution in [0.5, 0.6) is 5.75 Å². The molecule has 1 aliphatic heterocycles. The van der Waals surface area contributed by atoms with Gasteiger partial charge in [-0.25, -0.2) is 9.18 Å². The fraction of sp³-hybridized carbons (Fsp3) is 0.241. The van der Waals surface area contributed by atoms with Crippen LogP contribution in [0, 0.1) is 5.82 Å². The van der Waals surface area contributed by atoms with Crippen LogP contribution in [-0.2, 0) is 18.0 Å². The Morgan fingerprint density at radius 1 is 1.03 bits per heavy atom. The van der Waals surface area contributed by atoms with Crippen LogP contribution < -0.4 is 4.74 Å². The topological polar surface area (TPSA) is 71.9 Å². The number of ether oxygens (including phenoxy) is 2. The molecule has 1 saturated heterocycles. The molecule has 7 heteroatoms. The minimum absolute atomic E-state index is 0.0250. The van der Waals surface area contributed by atoms with Gasteiger partial charge in [0.2, 0.25) is 0 Å². The number of pyridine rings is 1. The zero-order valence-electron chi connectivity index (χ0n) is 19.7. The highest BCUT2D eigenvalue weighted by Crippen LogP contribution is 2.33. The third kappa shape index (κ3) is 5.47. The number of fused-ring (bicyclic) bond motifs is 1. The van der Waals surface area contributed by atoms with Gasteiger partial charge < -0.3 is 19.5 Å². The molecular weight excluding hydrogens is 459 g/mol. The monoisotopic (exact) mass is 486 g/mol. The van der Waals surface area contributed by atoms with Crippen LogP contribution >= 0.6 is 0 Å². The molecule has 5 rings (SSSR count). The highest BCUT2D eigenvalue weighted by atomic mass is 19.1. The van der Waals surface area contributed by atoms with E-state index in [2.05, 4.69) is 11.1 Å². The number of hydrogen-bond acceptors (Lipinski definition) is 4. The lowest BCUT2D eigenvalue weighted by Crippen LogP contribution is -2.46. The summed E-state index contributed by atoms with van der Waals surface area (Å²) in [7, 11) is 0. The predicted octanol–water partition coefficient (Wildman–Crippen LogP) is 6.01. The first-order chi connectivity index (χ1) is 17.6. The van der Waals surface area contributed by atoms with Crippen LogP contribution in [0.15, 0.2) is 85.2 Å². The van der Waals surface area contributed by atoms with Gasteiger partial charge in [-0.2, -0.15) is 0 Å². The third-order valence-electron chi connectivity index (χ3n) is 6.59. The lowest BCUT2D eigenvalue weighted by atomic mass is 9.87. The summed E-state index contributed by atoms with van der Waals surface area (Å²) in [6.45, 7) is 1.36. The minimum atomic E-state index is -0.960. The van der Waals surface area contributed by atoms with Gasteiger partial charge in [0.15, 0.2) is 0 Å². The number of carbonyl (C=O) groups is 1. The lowest BCUT2D eigenvalue weighted by Gasteiger charge is -2.37. The van der Waals surface area contributed by atoms with Crippen molar-refractivity contribution in [3.8, 4) is 5.75 Å². The average Bonchev–Trinajstić information content (AvgIpc) is 2.91. The van der Waals surface area contributed by atoms with Crippen LogP contribution in [0.3, 0.4) is 0 Å². The first-order valence-corrected chi connectivity index (χ1v) is 11.9. The van der Waals surface area contributed by atoms with E-state index in [1.807, 2.05) is 42.5 Å². The van der Waals surface area contributed by atoms with E-state index in [1.165, 1.54) is 17.0 Å². The summed E-state index contributed by atoms with van der Waals surface area (Å²) in [5.74, 6) is 0.429. The second-order valence-corrected chi connectivity index (χ2v) is 8.99. The Bertz CT molecular complexity index is 1330. The summed E-state index contributed by atoms with van der Waals surface area (Å²) in [5, 5.41) is 11.6. The van der Waals surface area contributed by atoms with E-state index >= 15 is 0 Å². The van der Waals surface area contributed by atoms with Crippen molar-refractivity contribution in [2.75, 3.05) is 13.1 Å². The van der Waals surface area contributed by atoms with Crippen molar-refractivity contribution in [2.24, 2.45) is 0 Å². The van der Waals surface area contributed by atoms with Crippen molar-refractivity contribution >= 4 is 16.9 Å². The molecule has 3 aromatic carbocycles. The Morgan fingerprint density at radius 2 is 1.86 bits per heavy atom. The molecule has 36 heavy (non-hydrogen) atoms. The van der Waals surface area contributed by atoms with Crippen molar-refractivity contribution in [1.29, 1.82) is 0 Å². The Balaban J connectivity index is 1.37. The molecule has 0 radical (unpaired) electrons. The van der Waals surface area contributed by atoms with E-state index in [-0.39, 0.29) is 24.4 Å². The van der Waals surface area contributed by atoms with E-state index in [0.717, 1.165) is 33.2 Å². The Hall–Kier alpha value is -3.97. The molecule has 1 N–H and O–H groups in total. The number of amides is 1. The van der Waals surface area contributed by atoms with Crippen LogP contribution in [0.2, 0.25) is 0 Å². The van der Waals surface area contributed by atoms with E-state index in [9.17, 15) is 14.3 Å². The predicted molar refractivity (Wildman–Crippen MR) is 134 cm³/mol. The van der Waals surface area contributed by atoms with Crippen LogP contribution in [0.1, 0.15) is 29.0 Å². The Morgan fingerprint density at radius 3 is 2.64 bits per heavy atom. The number of halogens is 1. The van der Waals surface area contributed by atoms with Gasteiger partial charge in [-0.05, 0) is 53.3 Å². The Kier molecular flexibility index (Phi) is 7.09. The van der Waals surface area contributed by atoms with Crippen LogP contribution in [0.4, 0.5) is 9.18 Å². The zero-order chi connectivity index (χ0) is 24.9. The number of aromatic nitrogens is 1. The number of benzene rings is 3. The van der Waals surface area contributed by atoms with Gasteiger partial charge >= 0.3 is 6.09 Å². The summed E-state index contributed by atoms with van der Waals surface area (Å²) in [4.78, 5) is 17.2. The first-order valence-electron chi connectivity index (χ1n) is 11.9. The second-order valence-electron chi connectivity index (χ2n) is 8.99. The molecule has 1 aromatic heterocycles. The fourth-order valence-corrected chi connectivity index (χ4v) is 4.74. The number of nitrogens with zero attached hydrogens (tertiary/aromatic N) is 2. The normalized spacial score (nSPS) is 17.8. The maximum Gasteiger partial charge on any atom is 0.407 e. The Labute approximate surface area is 208 Å². The van der Waals surface area contributed by atoms with Gasteiger partial charge in [0, 0.05) is 35.8 Å². The highest BCUT2D eigenvalue weighted by Gasteiger charge is 2.33. The molecule has 1 aliphatic rings.